The molecule has 2 heterocycles. The third-order valence-corrected chi connectivity index (χ3v) is 3.31. The molecule has 0 aliphatic heterocycles. The van der Waals surface area contributed by atoms with Crippen molar-refractivity contribution >= 4 is 23.4 Å². The molecule has 0 bridgehead atoms. The fourth-order valence-corrected chi connectivity index (χ4v) is 2.33. The molecule has 0 aliphatic carbocycles. The highest BCUT2D eigenvalue weighted by atomic mass is 35.5. The SMILES string of the molecule is Cc1cc(CN)nc(Sc2ncccc2Cl)n1. The van der Waals surface area contributed by atoms with E-state index >= 15 is 0 Å². The highest BCUT2D eigenvalue weighted by molar-refractivity contribution is 7.99. The average molecular weight is 267 g/mol. The summed E-state index contributed by atoms with van der Waals surface area (Å²) in [6, 6.07) is 5.44. The fraction of sp³-hybridized carbons (Fsp3) is 0.182. The molecule has 0 atom stereocenters. The Labute approximate surface area is 109 Å². The first kappa shape index (κ1) is 12.3. The maximum absolute atomic E-state index is 6.02. The van der Waals surface area contributed by atoms with E-state index in [-0.39, 0.29) is 0 Å². The van der Waals surface area contributed by atoms with Crippen molar-refractivity contribution in [1.82, 2.24) is 15.0 Å². The molecule has 88 valence electrons. The number of rotatable bonds is 3. The van der Waals surface area contributed by atoms with E-state index in [1.54, 1.807) is 18.3 Å². The van der Waals surface area contributed by atoms with Crippen molar-refractivity contribution in [3.05, 3.63) is 40.8 Å². The smallest absolute Gasteiger partial charge is 0.194 e. The van der Waals surface area contributed by atoms with Gasteiger partial charge in [-0.25, -0.2) is 15.0 Å². The molecule has 4 nitrogen and oxygen atoms in total. The van der Waals surface area contributed by atoms with Gasteiger partial charge in [-0.2, -0.15) is 0 Å². The molecule has 0 unspecified atom stereocenters. The fourth-order valence-electron chi connectivity index (χ4n) is 1.29. The number of hydrogen-bond donors (Lipinski definition) is 1. The van der Waals surface area contributed by atoms with Crippen LogP contribution < -0.4 is 5.73 Å². The van der Waals surface area contributed by atoms with Gasteiger partial charge in [0.05, 0.1) is 10.7 Å². The first-order chi connectivity index (χ1) is 8.19. The number of nitrogens with zero attached hydrogens (tertiary/aromatic N) is 3. The van der Waals surface area contributed by atoms with Gasteiger partial charge in [0, 0.05) is 18.4 Å². The van der Waals surface area contributed by atoms with E-state index in [4.69, 9.17) is 17.3 Å². The minimum Gasteiger partial charge on any atom is -0.325 e. The number of halogens is 1. The molecule has 2 N–H and O–H groups in total. The second-order valence-electron chi connectivity index (χ2n) is 3.38. The molecule has 0 radical (unpaired) electrons. The van der Waals surface area contributed by atoms with Crippen LogP contribution in [0.3, 0.4) is 0 Å². The van der Waals surface area contributed by atoms with Crippen LogP contribution in [0.1, 0.15) is 11.4 Å². The van der Waals surface area contributed by atoms with Crippen LogP contribution in [0.2, 0.25) is 5.02 Å². The van der Waals surface area contributed by atoms with Gasteiger partial charge in [-0.1, -0.05) is 11.6 Å². The molecule has 0 saturated heterocycles. The lowest BCUT2D eigenvalue weighted by atomic mass is 10.3. The Kier molecular flexibility index (Phi) is 3.93. The minimum atomic E-state index is 0.396. The van der Waals surface area contributed by atoms with Crippen molar-refractivity contribution in [2.75, 3.05) is 0 Å². The number of nitrogens with two attached hydrogens (primary N) is 1. The summed E-state index contributed by atoms with van der Waals surface area (Å²) in [6.07, 6.45) is 1.69. The Hall–Kier alpha value is -1.17. The molecular formula is C11H11ClN4S. The summed E-state index contributed by atoms with van der Waals surface area (Å²) in [5, 5.41) is 1.91. The van der Waals surface area contributed by atoms with Crippen LogP contribution in [0.5, 0.6) is 0 Å². The predicted molar refractivity (Wildman–Crippen MR) is 68.0 cm³/mol. The van der Waals surface area contributed by atoms with Gasteiger partial charge in [0.15, 0.2) is 5.16 Å². The summed E-state index contributed by atoms with van der Waals surface area (Å²) in [7, 11) is 0. The molecule has 2 rings (SSSR count). The molecule has 2 aromatic rings. The number of hydrogen-bond acceptors (Lipinski definition) is 5. The molecular weight excluding hydrogens is 256 g/mol. The van der Waals surface area contributed by atoms with Gasteiger partial charge in [0.25, 0.3) is 0 Å². The Morgan fingerprint density at radius 3 is 2.94 bits per heavy atom. The van der Waals surface area contributed by atoms with E-state index in [1.165, 1.54) is 11.8 Å². The molecule has 0 spiro atoms. The largest absolute Gasteiger partial charge is 0.325 e. The average Bonchev–Trinajstić information content (AvgIpc) is 2.31. The maximum Gasteiger partial charge on any atom is 0.194 e. The summed E-state index contributed by atoms with van der Waals surface area (Å²) in [5.41, 5.74) is 7.27. The van der Waals surface area contributed by atoms with Crippen molar-refractivity contribution < 1.29 is 0 Å². The van der Waals surface area contributed by atoms with Crippen LogP contribution in [-0.4, -0.2) is 15.0 Å². The zero-order valence-corrected chi connectivity index (χ0v) is 10.8. The molecule has 6 heteroatoms. The van der Waals surface area contributed by atoms with Gasteiger partial charge in [-0.3, -0.25) is 0 Å². The monoisotopic (exact) mass is 266 g/mol. The molecule has 0 fully saturated rings. The summed E-state index contributed by atoms with van der Waals surface area (Å²) < 4.78 is 0. The van der Waals surface area contributed by atoms with Crippen LogP contribution >= 0.6 is 23.4 Å². The summed E-state index contributed by atoms with van der Waals surface area (Å²) in [6.45, 7) is 2.30. The van der Waals surface area contributed by atoms with E-state index in [0.717, 1.165) is 11.4 Å². The Morgan fingerprint density at radius 2 is 2.24 bits per heavy atom. The summed E-state index contributed by atoms with van der Waals surface area (Å²) in [4.78, 5) is 12.8. The minimum absolute atomic E-state index is 0.396. The van der Waals surface area contributed by atoms with Crippen LogP contribution in [-0.2, 0) is 6.54 Å². The number of pyridine rings is 1. The van der Waals surface area contributed by atoms with Crippen molar-refractivity contribution in [3.8, 4) is 0 Å². The third kappa shape index (κ3) is 3.15. The standard InChI is InChI=1S/C11H11ClN4S/c1-7-5-8(6-13)16-11(15-7)17-10-9(12)3-2-4-14-10/h2-5H,6,13H2,1H3. The Bertz CT molecular complexity index is 533. The summed E-state index contributed by atoms with van der Waals surface area (Å²) >= 11 is 7.36. The Balaban J connectivity index is 2.30. The molecule has 0 aliphatic rings. The van der Waals surface area contributed by atoms with E-state index in [9.17, 15) is 0 Å². The van der Waals surface area contributed by atoms with Crippen LogP contribution in [0.25, 0.3) is 0 Å². The normalized spacial score (nSPS) is 10.5. The third-order valence-electron chi connectivity index (χ3n) is 2.01. The molecule has 0 aromatic carbocycles. The van der Waals surface area contributed by atoms with Gasteiger partial charge in [0.1, 0.15) is 5.03 Å². The number of aromatic nitrogens is 3. The zero-order chi connectivity index (χ0) is 12.3. The highest BCUT2D eigenvalue weighted by Crippen LogP contribution is 2.28. The maximum atomic E-state index is 6.02. The predicted octanol–water partition coefficient (Wildman–Crippen LogP) is 2.44. The van der Waals surface area contributed by atoms with Crippen molar-refractivity contribution in [3.63, 3.8) is 0 Å². The topological polar surface area (TPSA) is 64.7 Å². The molecule has 2 aromatic heterocycles. The van der Waals surface area contributed by atoms with Gasteiger partial charge < -0.3 is 5.73 Å². The van der Waals surface area contributed by atoms with Gasteiger partial charge in [-0.05, 0) is 36.9 Å². The lowest BCUT2D eigenvalue weighted by Crippen LogP contribution is -2.03. The summed E-state index contributed by atoms with van der Waals surface area (Å²) in [5.74, 6) is 0. The van der Waals surface area contributed by atoms with Crippen molar-refractivity contribution in [2.45, 2.75) is 23.7 Å². The van der Waals surface area contributed by atoms with E-state index in [2.05, 4.69) is 15.0 Å². The van der Waals surface area contributed by atoms with Crippen molar-refractivity contribution in [1.29, 1.82) is 0 Å². The second-order valence-corrected chi connectivity index (χ2v) is 4.74. The molecule has 0 amide bonds. The highest BCUT2D eigenvalue weighted by Gasteiger charge is 2.07. The van der Waals surface area contributed by atoms with E-state index in [1.807, 2.05) is 13.0 Å². The van der Waals surface area contributed by atoms with E-state index < -0.39 is 0 Å². The quantitative estimate of drug-likeness (QED) is 0.865. The van der Waals surface area contributed by atoms with Crippen LogP contribution in [0.4, 0.5) is 0 Å². The van der Waals surface area contributed by atoms with Gasteiger partial charge in [0.2, 0.25) is 0 Å². The molecule has 17 heavy (non-hydrogen) atoms. The first-order valence-corrected chi connectivity index (χ1v) is 6.21. The van der Waals surface area contributed by atoms with Gasteiger partial charge in [-0.15, -0.1) is 0 Å². The van der Waals surface area contributed by atoms with Crippen LogP contribution in [0, 0.1) is 6.92 Å². The first-order valence-electron chi connectivity index (χ1n) is 5.02. The number of aryl methyl sites for hydroxylation is 1. The van der Waals surface area contributed by atoms with Crippen molar-refractivity contribution in [2.24, 2.45) is 5.73 Å². The molecule has 0 saturated carbocycles. The lowest BCUT2D eigenvalue weighted by molar-refractivity contribution is 0.852. The van der Waals surface area contributed by atoms with Gasteiger partial charge >= 0.3 is 0 Å². The Morgan fingerprint density at radius 1 is 1.41 bits per heavy atom. The van der Waals surface area contributed by atoms with Crippen LogP contribution in [0.15, 0.2) is 34.6 Å². The van der Waals surface area contributed by atoms with E-state index in [0.29, 0.717) is 21.7 Å². The zero-order valence-electron chi connectivity index (χ0n) is 9.22. The second kappa shape index (κ2) is 5.44. The lowest BCUT2D eigenvalue weighted by Gasteiger charge is -2.04.